The number of sulfonamides is 1. The highest BCUT2D eigenvalue weighted by molar-refractivity contribution is 7.90. The molecule has 1 aliphatic heterocycles. The Labute approximate surface area is 241 Å². The Morgan fingerprint density at radius 3 is 2.34 bits per heavy atom. The molecule has 4 aromatic rings. The van der Waals surface area contributed by atoms with Crippen LogP contribution in [0.3, 0.4) is 0 Å². The first-order chi connectivity index (χ1) is 19.9. The third-order valence-corrected chi connectivity index (χ3v) is 8.83. The second-order valence-electron chi connectivity index (χ2n) is 10.5. The summed E-state index contributed by atoms with van der Waals surface area (Å²) in [4.78, 5) is 27.5. The van der Waals surface area contributed by atoms with Gasteiger partial charge in [-0.1, -0.05) is 78.9 Å². The maximum atomic E-state index is 13.3. The molecular formula is C32H35N3O5S. The van der Waals surface area contributed by atoms with Crippen molar-refractivity contribution in [2.45, 2.75) is 38.8 Å². The second kappa shape index (κ2) is 13.0. The minimum atomic E-state index is -3.94. The number of fused-ring (bicyclic) bond motifs is 1. The van der Waals surface area contributed by atoms with Gasteiger partial charge in [-0.25, -0.2) is 17.9 Å². The van der Waals surface area contributed by atoms with Gasteiger partial charge < -0.3 is 14.2 Å². The Hall–Kier alpha value is -4.11. The molecule has 0 bridgehead atoms. The third kappa shape index (κ3) is 7.55. The summed E-state index contributed by atoms with van der Waals surface area (Å²) in [7, 11) is -3.94. The average molecular weight is 574 g/mol. The van der Waals surface area contributed by atoms with Crippen molar-refractivity contribution in [2.24, 2.45) is 5.92 Å². The molecule has 214 valence electrons. The van der Waals surface area contributed by atoms with Crippen LogP contribution in [0.5, 0.6) is 0 Å². The normalized spacial score (nSPS) is 15.5. The van der Waals surface area contributed by atoms with E-state index in [1.54, 1.807) is 11.0 Å². The number of nitrogens with one attached hydrogen (secondary N) is 1. The van der Waals surface area contributed by atoms with Crippen LogP contribution in [0.4, 0.5) is 4.79 Å². The van der Waals surface area contributed by atoms with Crippen LogP contribution in [0, 0.1) is 5.92 Å². The number of amides is 2. The number of benzene rings is 3. The summed E-state index contributed by atoms with van der Waals surface area (Å²) in [5.41, 5.74) is 3.30. The number of carbonyl (C=O) groups excluding carboxylic acids is 2. The SMILES string of the molecule is O=C(NS(=O)(=O)C[C@H]1CCCN(C(=O)OCc2ccccc2)C1)c1cc2ccccc2n1CCCc1ccccc1. The Kier molecular flexibility index (Phi) is 9.04. The summed E-state index contributed by atoms with van der Waals surface area (Å²) in [5, 5.41) is 0.881. The molecule has 0 aliphatic carbocycles. The Morgan fingerprint density at radius 1 is 0.902 bits per heavy atom. The van der Waals surface area contributed by atoms with E-state index in [9.17, 15) is 18.0 Å². The van der Waals surface area contributed by atoms with Crippen molar-refractivity contribution in [3.05, 3.63) is 108 Å². The highest BCUT2D eigenvalue weighted by Gasteiger charge is 2.30. The molecule has 1 atom stereocenters. The number of aromatic nitrogens is 1. The molecule has 1 saturated heterocycles. The fraction of sp³-hybridized carbons (Fsp3) is 0.312. The van der Waals surface area contributed by atoms with Gasteiger partial charge in [0.25, 0.3) is 5.91 Å². The van der Waals surface area contributed by atoms with Crippen molar-refractivity contribution < 1.29 is 22.7 Å². The molecule has 1 aromatic heterocycles. The number of nitrogens with zero attached hydrogens (tertiary/aromatic N) is 2. The summed E-state index contributed by atoms with van der Waals surface area (Å²) in [6.07, 6.45) is 2.51. The first kappa shape index (κ1) is 28.4. The number of hydrogen-bond donors (Lipinski definition) is 1. The lowest BCUT2D eigenvalue weighted by atomic mass is 10.0. The average Bonchev–Trinajstić information content (AvgIpc) is 3.35. The number of carbonyl (C=O) groups is 2. The number of aryl methyl sites for hydroxylation is 2. The zero-order valence-corrected chi connectivity index (χ0v) is 23.8. The predicted molar refractivity (Wildman–Crippen MR) is 159 cm³/mol. The van der Waals surface area contributed by atoms with Crippen LogP contribution < -0.4 is 4.72 Å². The van der Waals surface area contributed by atoms with Crippen LogP contribution in [-0.2, 0) is 34.3 Å². The molecule has 2 amide bonds. The molecule has 1 N–H and O–H groups in total. The van der Waals surface area contributed by atoms with E-state index in [1.165, 1.54) is 5.56 Å². The summed E-state index contributed by atoms with van der Waals surface area (Å²) < 4.78 is 35.9. The van der Waals surface area contributed by atoms with Gasteiger partial charge in [-0.15, -0.1) is 0 Å². The quantitative estimate of drug-likeness (QED) is 0.275. The first-order valence-corrected chi connectivity index (χ1v) is 15.7. The largest absolute Gasteiger partial charge is 0.445 e. The van der Waals surface area contributed by atoms with Crippen molar-refractivity contribution in [2.75, 3.05) is 18.8 Å². The van der Waals surface area contributed by atoms with Gasteiger partial charge in [-0.3, -0.25) is 4.79 Å². The van der Waals surface area contributed by atoms with Gasteiger partial charge in [-0.2, -0.15) is 0 Å². The molecule has 1 aliphatic rings. The monoisotopic (exact) mass is 573 g/mol. The number of likely N-dealkylation sites (tertiary alicyclic amines) is 1. The Morgan fingerprint density at radius 2 is 1.59 bits per heavy atom. The van der Waals surface area contributed by atoms with E-state index in [-0.39, 0.29) is 24.8 Å². The van der Waals surface area contributed by atoms with Crippen LogP contribution in [0.1, 0.15) is 40.9 Å². The van der Waals surface area contributed by atoms with Crippen molar-refractivity contribution in [1.82, 2.24) is 14.2 Å². The fourth-order valence-corrected chi connectivity index (χ4v) is 6.81. The minimum Gasteiger partial charge on any atom is -0.445 e. The molecule has 8 nitrogen and oxygen atoms in total. The topological polar surface area (TPSA) is 97.7 Å². The molecule has 5 rings (SSSR count). The molecule has 3 aromatic carbocycles. The second-order valence-corrected chi connectivity index (χ2v) is 12.3. The van der Waals surface area contributed by atoms with Gasteiger partial charge in [0.2, 0.25) is 10.0 Å². The van der Waals surface area contributed by atoms with Crippen molar-refractivity contribution in [1.29, 1.82) is 0 Å². The molecule has 41 heavy (non-hydrogen) atoms. The van der Waals surface area contributed by atoms with Crippen molar-refractivity contribution >= 4 is 32.9 Å². The number of rotatable bonds is 10. The fourth-order valence-electron chi connectivity index (χ4n) is 5.45. The van der Waals surface area contributed by atoms with Crippen LogP contribution in [0.15, 0.2) is 91.0 Å². The lowest BCUT2D eigenvalue weighted by Crippen LogP contribution is -2.44. The van der Waals surface area contributed by atoms with Gasteiger partial charge in [0.1, 0.15) is 12.3 Å². The van der Waals surface area contributed by atoms with Gasteiger partial charge in [-0.05, 0) is 54.9 Å². The third-order valence-electron chi connectivity index (χ3n) is 7.42. The summed E-state index contributed by atoms with van der Waals surface area (Å²) in [6, 6.07) is 29.0. The molecule has 0 saturated carbocycles. The van der Waals surface area contributed by atoms with Crippen LogP contribution in [0.25, 0.3) is 10.9 Å². The zero-order chi connectivity index (χ0) is 28.7. The van der Waals surface area contributed by atoms with E-state index in [0.717, 1.165) is 29.3 Å². The first-order valence-electron chi connectivity index (χ1n) is 14.0. The molecule has 0 unspecified atom stereocenters. The van der Waals surface area contributed by atoms with Crippen LogP contribution in [-0.4, -0.2) is 48.7 Å². The number of para-hydroxylation sites is 1. The van der Waals surface area contributed by atoms with E-state index >= 15 is 0 Å². The smallest absolute Gasteiger partial charge is 0.410 e. The van der Waals surface area contributed by atoms with Crippen molar-refractivity contribution in [3.8, 4) is 0 Å². The van der Waals surface area contributed by atoms with E-state index in [1.807, 2.05) is 77.4 Å². The molecular weight excluding hydrogens is 538 g/mol. The predicted octanol–water partition coefficient (Wildman–Crippen LogP) is 5.38. The lowest BCUT2D eigenvalue weighted by molar-refractivity contribution is 0.0811. The summed E-state index contributed by atoms with van der Waals surface area (Å²) >= 11 is 0. The van der Waals surface area contributed by atoms with Crippen molar-refractivity contribution in [3.63, 3.8) is 0 Å². The zero-order valence-electron chi connectivity index (χ0n) is 22.9. The van der Waals surface area contributed by atoms with E-state index in [0.29, 0.717) is 31.6 Å². The molecule has 1 fully saturated rings. The van der Waals surface area contributed by atoms with Gasteiger partial charge in [0.15, 0.2) is 0 Å². The maximum absolute atomic E-state index is 13.3. The molecule has 0 spiro atoms. The van der Waals surface area contributed by atoms with E-state index in [4.69, 9.17) is 4.74 Å². The Balaban J connectivity index is 1.21. The highest BCUT2D eigenvalue weighted by atomic mass is 32.2. The van der Waals surface area contributed by atoms with E-state index < -0.39 is 22.0 Å². The number of ether oxygens (including phenoxy) is 1. The highest BCUT2D eigenvalue weighted by Crippen LogP contribution is 2.23. The standard InChI is InChI=1S/C32H35N3O5S/c36-31(30-21-28-17-7-8-18-29(28)35(30)20-10-15-25-11-3-1-4-12-25)33-41(38,39)24-27-16-9-19-34(22-27)32(37)40-23-26-13-5-2-6-14-26/h1-8,11-14,17-18,21,27H,9-10,15-16,19-20,22-24H2,(H,33,36)/t27-/m0/s1. The Bertz CT molecular complexity index is 1590. The van der Waals surface area contributed by atoms with E-state index in [2.05, 4.69) is 16.9 Å². The van der Waals surface area contributed by atoms with Crippen LogP contribution in [0.2, 0.25) is 0 Å². The lowest BCUT2D eigenvalue weighted by Gasteiger charge is -2.31. The van der Waals surface area contributed by atoms with Gasteiger partial charge in [0, 0.05) is 30.5 Å². The van der Waals surface area contributed by atoms with Gasteiger partial charge in [0.05, 0.1) is 5.75 Å². The van der Waals surface area contributed by atoms with Gasteiger partial charge >= 0.3 is 6.09 Å². The summed E-state index contributed by atoms with van der Waals surface area (Å²) in [6.45, 7) is 1.52. The molecule has 2 heterocycles. The number of hydrogen-bond acceptors (Lipinski definition) is 5. The molecule has 9 heteroatoms. The van der Waals surface area contributed by atoms with Crippen LogP contribution >= 0.6 is 0 Å². The summed E-state index contributed by atoms with van der Waals surface area (Å²) in [5.74, 6) is -1.18. The molecule has 0 radical (unpaired) electrons. The maximum Gasteiger partial charge on any atom is 0.410 e. The number of piperidine rings is 1. The minimum absolute atomic E-state index is 0.161.